The third-order valence-electron chi connectivity index (χ3n) is 3.00. The lowest BCUT2D eigenvalue weighted by Gasteiger charge is -2.00. The van der Waals surface area contributed by atoms with Crippen LogP contribution in [0.3, 0.4) is 0 Å². The maximum absolute atomic E-state index is 12.1. The highest BCUT2D eigenvalue weighted by Crippen LogP contribution is 2.26. The number of aromatic nitrogens is 2. The molecule has 8 nitrogen and oxygen atoms in total. The lowest BCUT2D eigenvalue weighted by atomic mass is 10.2. The molecule has 0 spiro atoms. The van der Waals surface area contributed by atoms with Crippen molar-refractivity contribution in [3.05, 3.63) is 52.1 Å². The molecule has 3 aromatic rings. The molecule has 0 aliphatic rings. The van der Waals surface area contributed by atoms with Crippen LogP contribution in [0.1, 0.15) is 10.4 Å². The number of rotatable bonds is 4. The van der Waals surface area contributed by atoms with Crippen molar-refractivity contribution in [2.45, 2.75) is 0 Å². The fourth-order valence-corrected chi connectivity index (χ4v) is 2.70. The number of non-ortho nitro benzene ring substituents is 1. The van der Waals surface area contributed by atoms with Crippen molar-refractivity contribution in [2.75, 3.05) is 12.4 Å². The predicted octanol–water partition coefficient (Wildman–Crippen LogP) is 2.86. The molecule has 0 fully saturated rings. The molecule has 0 saturated carbocycles. The number of anilines is 1. The summed E-state index contributed by atoms with van der Waals surface area (Å²) in [6.07, 6.45) is 0. The first-order chi connectivity index (χ1) is 11.1. The van der Waals surface area contributed by atoms with Crippen LogP contribution in [0.4, 0.5) is 10.8 Å². The first-order valence-electron chi connectivity index (χ1n) is 6.44. The lowest BCUT2D eigenvalue weighted by molar-refractivity contribution is -0.384. The van der Waals surface area contributed by atoms with Crippen molar-refractivity contribution in [3.8, 4) is 5.88 Å². The highest BCUT2D eigenvalue weighted by atomic mass is 32.1. The number of carbonyl (C=O) groups is 1. The van der Waals surface area contributed by atoms with E-state index in [2.05, 4.69) is 15.3 Å². The number of amides is 1. The fourth-order valence-electron chi connectivity index (χ4n) is 1.87. The van der Waals surface area contributed by atoms with Crippen molar-refractivity contribution in [3.63, 3.8) is 0 Å². The van der Waals surface area contributed by atoms with Crippen LogP contribution in [0.25, 0.3) is 10.3 Å². The van der Waals surface area contributed by atoms with Crippen LogP contribution >= 0.6 is 11.3 Å². The number of carbonyl (C=O) groups excluding carboxylic acids is 1. The molecule has 1 N–H and O–H groups in total. The molecule has 0 radical (unpaired) electrons. The van der Waals surface area contributed by atoms with Crippen molar-refractivity contribution in [2.24, 2.45) is 0 Å². The predicted molar refractivity (Wildman–Crippen MR) is 85.0 cm³/mol. The summed E-state index contributed by atoms with van der Waals surface area (Å²) in [7, 11) is 1.52. The van der Waals surface area contributed by atoms with E-state index < -0.39 is 10.8 Å². The van der Waals surface area contributed by atoms with Crippen LogP contribution in [-0.2, 0) is 0 Å². The molecular weight excluding hydrogens is 320 g/mol. The van der Waals surface area contributed by atoms with Gasteiger partial charge in [-0.05, 0) is 18.2 Å². The first-order valence-corrected chi connectivity index (χ1v) is 7.26. The molecular formula is C14H10N4O4S. The maximum atomic E-state index is 12.1. The van der Waals surface area contributed by atoms with Gasteiger partial charge in [0.25, 0.3) is 11.6 Å². The molecule has 2 aromatic heterocycles. The standard InChI is InChI=1S/C14H10N4O4S/c1-22-11-7-6-10-13(16-11)23-14(15-10)17-12(19)8-2-4-9(5-3-8)18(20)21/h2-7H,1H3,(H,15,17,19). The second kappa shape index (κ2) is 5.97. The number of thiazole rings is 1. The van der Waals surface area contributed by atoms with Gasteiger partial charge in [0.15, 0.2) is 5.13 Å². The Kier molecular flexibility index (Phi) is 3.85. The fraction of sp³-hybridized carbons (Fsp3) is 0.0714. The Morgan fingerprint density at radius 1 is 1.22 bits per heavy atom. The van der Waals surface area contributed by atoms with Gasteiger partial charge in [-0.25, -0.2) is 9.97 Å². The number of ether oxygens (including phenoxy) is 1. The smallest absolute Gasteiger partial charge is 0.269 e. The van der Waals surface area contributed by atoms with E-state index in [-0.39, 0.29) is 5.69 Å². The van der Waals surface area contributed by atoms with Crippen molar-refractivity contribution >= 4 is 38.4 Å². The molecule has 2 heterocycles. The van der Waals surface area contributed by atoms with Gasteiger partial charge in [-0.15, -0.1) is 0 Å². The van der Waals surface area contributed by atoms with Gasteiger partial charge in [-0.3, -0.25) is 20.2 Å². The van der Waals surface area contributed by atoms with E-state index >= 15 is 0 Å². The molecule has 0 aliphatic heterocycles. The Bertz CT molecular complexity index is 891. The summed E-state index contributed by atoms with van der Waals surface area (Å²) in [6, 6.07) is 8.77. The normalized spacial score (nSPS) is 10.5. The quantitative estimate of drug-likeness (QED) is 0.582. The third kappa shape index (κ3) is 3.09. The number of pyridine rings is 1. The van der Waals surface area contributed by atoms with E-state index in [0.29, 0.717) is 26.9 Å². The lowest BCUT2D eigenvalue weighted by Crippen LogP contribution is -2.11. The van der Waals surface area contributed by atoms with Crippen LogP contribution in [-0.4, -0.2) is 27.9 Å². The summed E-state index contributed by atoms with van der Waals surface area (Å²) in [5.74, 6) is 0.0697. The van der Waals surface area contributed by atoms with Crippen LogP contribution in [0.2, 0.25) is 0 Å². The minimum absolute atomic E-state index is 0.0715. The highest BCUT2D eigenvalue weighted by molar-refractivity contribution is 7.22. The number of benzene rings is 1. The molecule has 23 heavy (non-hydrogen) atoms. The second-order valence-electron chi connectivity index (χ2n) is 4.46. The number of nitro groups is 1. The number of nitrogens with one attached hydrogen (secondary N) is 1. The van der Waals surface area contributed by atoms with E-state index in [9.17, 15) is 14.9 Å². The maximum Gasteiger partial charge on any atom is 0.269 e. The number of nitrogens with zero attached hydrogens (tertiary/aromatic N) is 3. The number of hydrogen-bond acceptors (Lipinski definition) is 7. The molecule has 0 aliphatic carbocycles. The summed E-state index contributed by atoms with van der Waals surface area (Å²) in [5, 5.41) is 13.6. The Morgan fingerprint density at radius 3 is 2.61 bits per heavy atom. The van der Waals surface area contributed by atoms with Gasteiger partial charge < -0.3 is 4.74 Å². The monoisotopic (exact) mass is 330 g/mol. The largest absolute Gasteiger partial charge is 0.481 e. The van der Waals surface area contributed by atoms with Gasteiger partial charge in [0, 0.05) is 23.8 Å². The van der Waals surface area contributed by atoms with Gasteiger partial charge in [0.1, 0.15) is 10.3 Å². The number of nitro benzene ring substituents is 1. The zero-order valence-electron chi connectivity index (χ0n) is 11.8. The molecule has 9 heteroatoms. The molecule has 0 saturated heterocycles. The van der Waals surface area contributed by atoms with Crippen molar-refractivity contribution < 1.29 is 14.5 Å². The number of methoxy groups -OCH3 is 1. The van der Waals surface area contributed by atoms with E-state index in [4.69, 9.17) is 4.74 Å². The van der Waals surface area contributed by atoms with Gasteiger partial charge >= 0.3 is 0 Å². The number of fused-ring (bicyclic) bond motifs is 1. The minimum atomic E-state index is -0.520. The summed E-state index contributed by atoms with van der Waals surface area (Å²) in [5.41, 5.74) is 0.882. The summed E-state index contributed by atoms with van der Waals surface area (Å²) in [6.45, 7) is 0. The van der Waals surface area contributed by atoms with Gasteiger partial charge in [-0.1, -0.05) is 11.3 Å². The molecule has 0 atom stereocenters. The summed E-state index contributed by atoms with van der Waals surface area (Å²) < 4.78 is 5.04. The summed E-state index contributed by atoms with van der Waals surface area (Å²) in [4.78, 5) is 31.4. The van der Waals surface area contributed by atoms with E-state index in [1.165, 1.54) is 42.7 Å². The highest BCUT2D eigenvalue weighted by Gasteiger charge is 2.13. The van der Waals surface area contributed by atoms with Crippen molar-refractivity contribution in [1.29, 1.82) is 0 Å². The Hall–Kier alpha value is -3.07. The Morgan fingerprint density at radius 2 is 1.96 bits per heavy atom. The topological polar surface area (TPSA) is 107 Å². The van der Waals surface area contributed by atoms with Crippen LogP contribution in [0.5, 0.6) is 5.88 Å². The summed E-state index contributed by atoms with van der Waals surface area (Å²) >= 11 is 1.22. The van der Waals surface area contributed by atoms with E-state index in [0.717, 1.165) is 0 Å². The molecule has 1 aromatic carbocycles. The number of hydrogen-bond donors (Lipinski definition) is 1. The molecule has 116 valence electrons. The van der Waals surface area contributed by atoms with E-state index in [1.807, 2.05) is 0 Å². The molecule has 0 unspecified atom stereocenters. The van der Waals surface area contributed by atoms with Crippen molar-refractivity contribution in [1.82, 2.24) is 9.97 Å². The Labute approximate surface area is 133 Å². The average Bonchev–Trinajstić information content (AvgIpc) is 2.95. The van der Waals surface area contributed by atoms with Crippen LogP contribution in [0, 0.1) is 10.1 Å². The van der Waals surface area contributed by atoms with Gasteiger partial charge in [0.05, 0.1) is 12.0 Å². The van der Waals surface area contributed by atoms with E-state index in [1.54, 1.807) is 12.1 Å². The minimum Gasteiger partial charge on any atom is -0.481 e. The van der Waals surface area contributed by atoms with Gasteiger partial charge in [-0.2, -0.15) is 0 Å². The zero-order chi connectivity index (χ0) is 16.4. The molecule has 0 bridgehead atoms. The zero-order valence-corrected chi connectivity index (χ0v) is 12.7. The van der Waals surface area contributed by atoms with Gasteiger partial charge in [0.2, 0.25) is 5.88 Å². The Balaban J connectivity index is 1.80. The van der Waals surface area contributed by atoms with Crippen LogP contribution in [0.15, 0.2) is 36.4 Å². The third-order valence-corrected chi connectivity index (χ3v) is 3.88. The first kappa shape index (κ1) is 14.9. The second-order valence-corrected chi connectivity index (χ2v) is 5.43. The SMILES string of the molecule is COc1ccc2nc(NC(=O)c3ccc([N+](=O)[O-])cc3)sc2n1. The molecule has 1 amide bonds. The average molecular weight is 330 g/mol. The van der Waals surface area contributed by atoms with Crippen LogP contribution < -0.4 is 10.1 Å². The molecule has 3 rings (SSSR count).